The van der Waals surface area contributed by atoms with Crippen LogP contribution >= 0.6 is 39.7 Å². The molecule has 0 aromatic carbocycles. The molecular weight excluding hydrogens is 223 g/mol. The predicted octanol–water partition coefficient (Wildman–Crippen LogP) is 5.11. The lowest BCUT2D eigenvalue weighted by atomic mass is 10.3. The van der Waals surface area contributed by atoms with E-state index in [4.69, 9.17) is 33.7 Å². The highest BCUT2D eigenvalue weighted by Crippen LogP contribution is 2.51. The van der Waals surface area contributed by atoms with Crippen LogP contribution in [0.15, 0.2) is 0 Å². The summed E-state index contributed by atoms with van der Waals surface area (Å²) in [5, 5.41) is 4.28. The number of halogens is 3. The lowest BCUT2D eigenvalue weighted by molar-refractivity contribution is 0.789. The zero-order valence-electron chi connectivity index (χ0n) is 7.18. The predicted molar refractivity (Wildman–Crippen MR) is 58.1 cm³/mol. The van der Waals surface area contributed by atoms with E-state index in [0.717, 1.165) is 0 Å². The summed E-state index contributed by atoms with van der Waals surface area (Å²) in [5.41, 5.74) is 0. The largest absolute Gasteiger partial charge is 0.658 e. The van der Waals surface area contributed by atoms with Gasteiger partial charge in [-0.05, 0) is 0 Å². The van der Waals surface area contributed by atoms with Crippen molar-refractivity contribution in [3.63, 3.8) is 0 Å². The minimum absolute atomic E-state index is 0.500. The molecule has 0 atom stereocenters. The molecule has 1 radical (unpaired) electrons. The summed E-state index contributed by atoms with van der Waals surface area (Å²) in [6, 6.07) is 1.000. The van der Waals surface area contributed by atoms with E-state index in [0.29, 0.717) is 12.1 Å². The van der Waals surface area contributed by atoms with Crippen LogP contribution in [-0.2, 0) is 0 Å². The average Bonchev–Trinajstić information content (AvgIpc) is 1.56. The van der Waals surface area contributed by atoms with Crippen LogP contribution in [0.4, 0.5) is 0 Å². The van der Waals surface area contributed by atoms with Crippen LogP contribution in [0.3, 0.4) is 0 Å². The molecule has 0 spiro atoms. The van der Waals surface area contributed by atoms with E-state index in [1.54, 1.807) is 0 Å². The maximum Gasteiger partial charge on any atom is 0.475 e. The Balaban J connectivity index is 0. The van der Waals surface area contributed by atoms with Crippen molar-refractivity contribution >= 4 is 39.7 Å². The Morgan fingerprint density at radius 3 is 1.09 bits per heavy atom. The highest BCUT2D eigenvalue weighted by Gasteiger charge is 2.06. The summed E-state index contributed by atoms with van der Waals surface area (Å²) in [6.45, 7) is 8.39. The Morgan fingerprint density at radius 2 is 1.09 bits per heavy atom. The molecule has 0 aliphatic heterocycles. The standard InChI is InChI=1S/C6H14N.Cl3P/c1-5(2)7-6(3)4;1-4(2)3/h5-6H,1-4H3;/q-1;+1. The van der Waals surface area contributed by atoms with E-state index in [2.05, 4.69) is 33.0 Å². The summed E-state index contributed by atoms with van der Waals surface area (Å²) < 4.78 is 0. The lowest BCUT2D eigenvalue weighted by Gasteiger charge is -2.28. The fourth-order valence-corrected chi connectivity index (χ4v) is 0.596. The second kappa shape index (κ2) is 9.35. The second-order valence-electron chi connectivity index (χ2n) is 2.53. The smallest absolute Gasteiger partial charge is 0.475 e. The lowest BCUT2D eigenvalue weighted by Crippen LogP contribution is -2.01. The third-order valence-electron chi connectivity index (χ3n) is 0.596. The van der Waals surface area contributed by atoms with E-state index < -0.39 is 5.98 Å². The molecule has 0 aromatic heterocycles. The molecule has 11 heavy (non-hydrogen) atoms. The van der Waals surface area contributed by atoms with E-state index >= 15 is 0 Å². The molecule has 1 nitrogen and oxygen atoms in total. The molecule has 0 aliphatic rings. The molecule has 69 valence electrons. The third-order valence-corrected chi connectivity index (χ3v) is 0.596. The molecular formula is C6H14Cl3NP. The van der Waals surface area contributed by atoms with E-state index in [1.807, 2.05) is 0 Å². The van der Waals surface area contributed by atoms with Gasteiger partial charge in [-0.25, -0.2) is 0 Å². The third kappa shape index (κ3) is 34.9. The van der Waals surface area contributed by atoms with Crippen molar-refractivity contribution in [2.45, 2.75) is 39.8 Å². The minimum atomic E-state index is -1.20. The summed E-state index contributed by atoms with van der Waals surface area (Å²) in [7, 11) is 0. The van der Waals surface area contributed by atoms with Crippen LogP contribution in [-0.4, -0.2) is 12.1 Å². The Bertz CT molecular complexity index is 69.5. The summed E-state index contributed by atoms with van der Waals surface area (Å²) >= 11 is 14.6. The molecule has 0 aliphatic carbocycles. The molecule has 0 aromatic rings. The van der Waals surface area contributed by atoms with Gasteiger partial charge in [0.25, 0.3) is 0 Å². The van der Waals surface area contributed by atoms with Crippen LogP contribution in [0.2, 0.25) is 0 Å². The summed E-state index contributed by atoms with van der Waals surface area (Å²) in [4.78, 5) is 0. The Morgan fingerprint density at radius 1 is 0.909 bits per heavy atom. The first-order valence-electron chi connectivity index (χ1n) is 3.33. The molecule has 0 bridgehead atoms. The van der Waals surface area contributed by atoms with Gasteiger partial charge in [-0.15, -0.1) is 12.1 Å². The van der Waals surface area contributed by atoms with Gasteiger partial charge in [0.15, 0.2) is 33.7 Å². The zero-order chi connectivity index (χ0) is 9.44. The first-order valence-corrected chi connectivity index (χ1v) is 7.39. The van der Waals surface area contributed by atoms with Gasteiger partial charge in [0.05, 0.1) is 0 Å². The van der Waals surface area contributed by atoms with Gasteiger partial charge in [0.2, 0.25) is 0 Å². The van der Waals surface area contributed by atoms with Crippen molar-refractivity contribution < 1.29 is 0 Å². The van der Waals surface area contributed by atoms with Crippen molar-refractivity contribution in [1.29, 1.82) is 0 Å². The van der Waals surface area contributed by atoms with Gasteiger partial charge < -0.3 is 5.32 Å². The van der Waals surface area contributed by atoms with E-state index in [9.17, 15) is 0 Å². The van der Waals surface area contributed by atoms with Crippen LogP contribution in [0.5, 0.6) is 0 Å². The van der Waals surface area contributed by atoms with Gasteiger partial charge in [-0.1, -0.05) is 27.7 Å². The second-order valence-corrected chi connectivity index (χ2v) is 7.51. The minimum Gasteiger partial charge on any atom is -0.658 e. The number of nitrogens with zero attached hydrogens (tertiary/aromatic N) is 1. The van der Waals surface area contributed by atoms with Gasteiger partial charge in [0.1, 0.15) is 0 Å². The van der Waals surface area contributed by atoms with Gasteiger partial charge in [0, 0.05) is 0 Å². The van der Waals surface area contributed by atoms with Crippen LogP contribution in [0.1, 0.15) is 27.7 Å². The number of hydrogen-bond donors (Lipinski definition) is 0. The number of hydrogen-bond acceptors (Lipinski definition) is 0. The molecule has 0 amide bonds. The molecule has 5 heteroatoms. The first-order chi connectivity index (χ1) is 4.86. The molecule has 0 N–H and O–H groups in total. The van der Waals surface area contributed by atoms with Gasteiger partial charge in [-0.3, -0.25) is 0 Å². The molecule has 0 saturated carbocycles. The van der Waals surface area contributed by atoms with Gasteiger partial charge >= 0.3 is 5.98 Å². The van der Waals surface area contributed by atoms with Crippen molar-refractivity contribution in [3.05, 3.63) is 5.32 Å². The monoisotopic (exact) mass is 236 g/mol. The maximum absolute atomic E-state index is 4.87. The molecule has 0 unspecified atom stereocenters. The van der Waals surface area contributed by atoms with Crippen LogP contribution in [0, 0.1) is 0 Å². The molecule has 0 heterocycles. The van der Waals surface area contributed by atoms with E-state index in [1.165, 1.54) is 0 Å². The maximum atomic E-state index is 4.87. The van der Waals surface area contributed by atoms with Crippen molar-refractivity contribution in [1.82, 2.24) is 0 Å². The molecule has 0 saturated heterocycles. The SMILES string of the molecule is CC(C)[N-]C(C)C.Cl[P+](Cl)Cl. The highest BCUT2D eigenvalue weighted by atomic mass is 36.0. The average molecular weight is 238 g/mol. The van der Waals surface area contributed by atoms with Crippen molar-refractivity contribution in [3.8, 4) is 0 Å². The Kier molecular flexibility index (Phi) is 12.5. The summed E-state index contributed by atoms with van der Waals surface area (Å²) in [6.07, 6.45) is 0. The molecule has 0 fully saturated rings. The Labute approximate surface area is 84.9 Å². The van der Waals surface area contributed by atoms with Crippen molar-refractivity contribution in [2.75, 3.05) is 0 Å². The molecule has 0 rings (SSSR count). The summed E-state index contributed by atoms with van der Waals surface area (Å²) in [5.74, 6) is -1.20. The Hall–Kier alpha value is 1.26. The van der Waals surface area contributed by atoms with Crippen LogP contribution in [0.25, 0.3) is 5.32 Å². The van der Waals surface area contributed by atoms with E-state index in [-0.39, 0.29) is 0 Å². The highest BCUT2D eigenvalue weighted by molar-refractivity contribution is 8.20. The van der Waals surface area contributed by atoms with Gasteiger partial charge in [-0.2, -0.15) is 0 Å². The van der Waals surface area contributed by atoms with Crippen LogP contribution < -0.4 is 0 Å². The topological polar surface area (TPSA) is 14.1 Å². The fourth-order valence-electron chi connectivity index (χ4n) is 0.596. The zero-order valence-corrected chi connectivity index (χ0v) is 10.3. The normalized spacial score (nSPS) is 10.4. The number of rotatable bonds is 2. The van der Waals surface area contributed by atoms with Crippen molar-refractivity contribution in [2.24, 2.45) is 0 Å². The fraction of sp³-hybridized carbons (Fsp3) is 1.00. The quantitative estimate of drug-likeness (QED) is 0.593. The first kappa shape index (κ1) is 14.8.